The zero-order chi connectivity index (χ0) is 14.2. The Morgan fingerprint density at radius 3 is 2.21 bits per heavy atom. The molecule has 1 aromatic carbocycles. The molecule has 0 N–H and O–H groups in total. The lowest BCUT2D eigenvalue weighted by Crippen LogP contribution is -2.13. The monoisotopic (exact) mass is 265 g/mol. The van der Waals surface area contributed by atoms with Gasteiger partial charge in [0.25, 0.3) is 0 Å². The van der Waals surface area contributed by atoms with Gasteiger partial charge in [-0.2, -0.15) is 0 Å². The van der Waals surface area contributed by atoms with Gasteiger partial charge in [0.2, 0.25) is 0 Å². The largest absolute Gasteiger partial charge is 0.260 e. The van der Waals surface area contributed by atoms with Crippen LogP contribution in [0.15, 0.2) is 30.5 Å². The summed E-state index contributed by atoms with van der Waals surface area (Å²) >= 11 is 0. The molecule has 0 saturated heterocycles. The quantitative estimate of drug-likeness (QED) is 0.693. The van der Waals surface area contributed by atoms with Crippen LogP contribution in [0.2, 0.25) is 0 Å². The van der Waals surface area contributed by atoms with Crippen molar-refractivity contribution in [2.75, 3.05) is 0 Å². The van der Waals surface area contributed by atoms with Crippen molar-refractivity contribution in [3.8, 4) is 11.1 Å². The van der Waals surface area contributed by atoms with Gasteiger partial charge in [0.1, 0.15) is 5.82 Å². The van der Waals surface area contributed by atoms with Crippen molar-refractivity contribution in [2.45, 2.75) is 26.2 Å². The molecule has 19 heavy (non-hydrogen) atoms. The van der Waals surface area contributed by atoms with E-state index in [0.717, 1.165) is 11.8 Å². The first-order chi connectivity index (χ1) is 8.79. The second-order valence-corrected chi connectivity index (χ2v) is 5.43. The molecule has 0 aliphatic rings. The van der Waals surface area contributed by atoms with Crippen LogP contribution in [0.1, 0.15) is 26.5 Å². The van der Waals surface area contributed by atoms with Gasteiger partial charge in [-0.05, 0) is 12.1 Å². The number of halogens is 3. The topological polar surface area (TPSA) is 12.9 Å². The Labute approximate surface area is 110 Å². The highest BCUT2D eigenvalue weighted by Gasteiger charge is 2.17. The smallest absolute Gasteiger partial charge is 0.166 e. The van der Waals surface area contributed by atoms with Gasteiger partial charge in [-0.25, -0.2) is 13.2 Å². The summed E-state index contributed by atoms with van der Waals surface area (Å²) in [7, 11) is 0. The van der Waals surface area contributed by atoms with Gasteiger partial charge in [-0.3, -0.25) is 4.98 Å². The fourth-order valence-corrected chi connectivity index (χ4v) is 1.76. The molecule has 4 heteroatoms. The van der Waals surface area contributed by atoms with E-state index in [4.69, 9.17) is 0 Å². The van der Waals surface area contributed by atoms with Crippen molar-refractivity contribution in [3.63, 3.8) is 0 Å². The number of rotatable bonds is 1. The number of benzene rings is 1. The number of hydrogen-bond donors (Lipinski definition) is 0. The maximum atomic E-state index is 13.6. The lowest BCUT2D eigenvalue weighted by Gasteiger charge is -2.17. The zero-order valence-electron chi connectivity index (χ0n) is 11.0. The third-order valence-corrected chi connectivity index (χ3v) is 2.84. The molecule has 0 fully saturated rings. The van der Waals surface area contributed by atoms with Gasteiger partial charge < -0.3 is 0 Å². The molecule has 0 aliphatic heterocycles. The van der Waals surface area contributed by atoms with E-state index >= 15 is 0 Å². The standard InChI is InChI=1S/C15H14F3N/c1-15(2,3)13-5-4-9(8-19-13)11-6-10(16)7-12(17)14(11)18/h4-8H,1-3H3. The van der Waals surface area contributed by atoms with E-state index in [9.17, 15) is 13.2 Å². The van der Waals surface area contributed by atoms with Crippen LogP contribution in [0.3, 0.4) is 0 Å². The molecular weight excluding hydrogens is 251 g/mol. The molecule has 2 aromatic rings. The summed E-state index contributed by atoms with van der Waals surface area (Å²) in [5.41, 5.74) is 0.924. The number of hydrogen-bond acceptors (Lipinski definition) is 1. The highest BCUT2D eigenvalue weighted by molar-refractivity contribution is 5.63. The van der Waals surface area contributed by atoms with Gasteiger partial charge in [-0.1, -0.05) is 26.8 Å². The lowest BCUT2D eigenvalue weighted by atomic mass is 9.91. The SMILES string of the molecule is CC(C)(C)c1ccc(-c2cc(F)cc(F)c2F)cn1. The summed E-state index contributed by atoms with van der Waals surface area (Å²) in [6, 6.07) is 4.84. The second kappa shape index (κ2) is 4.68. The predicted molar refractivity (Wildman–Crippen MR) is 68.2 cm³/mol. The lowest BCUT2D eigenvalue weighted by molar-refractivity contribution is 0.497. The Morgan fingerprint density at radius 2 is 1.68 bits per heavy atom. The van der Waals surface area contributed by atoms with E-state index in [1.54, 1.807) is 12.1 Å². The van der Waals surface area contributed by atoms with Crippen molar-refractivity contribution in [1.29, 1.82) is 0 Å². The van der Waals surface area contributed by atoms with E-state index < -0.39 is 17.5 Å². The molecule has 1 aromatic heterocycles. The number of aromatic nitrogens is 1. The van der Waals surface area contributed by atoms with Crippen LogP contribution < -0.4 is 0 Å². The van der Waals surface area contributed by atoms with Crippen LogP contribution in [0, 0.1) is 17.5 Å². The van der Waals surface area contributed by atoms with Gasteiger partial charge in [-0.15, -0.1) is 0 Å². The fourth-order valence-electron chi connectivity index (χ4n) is 1.76. The van der Waals surface area contributed by atoms with Crippen LogP contribution in [-0.2, 0) is 5.41 Å². The Hall–Kier alpha value is -1.84. The molecule has 0 saturated carbocycles. The van der Waals surface area contributed by atoms with Crippen LogP contribution in [0.25, 0.3) is 11.1 Å². The predicted octanol–water partition coefficient (Wildman–Crippen LogP) is 4.46. The minimum Gasteiger partial charge on any atom is -0.260 e. The molecule has 1 nitrogen and oxygen atoms in total. The highest BCUT2D eigenvalue weighted by atomic mass is 19.2. The molecule has 0 aliphatic carbocycles. The molecule has 0 atom stereocenters. The molecule has 0 amide bonds. The van der Waals surface area contributed by atoms with Crippen LogP contribution in [0.4, 0.5) is 13.2 Å². The molecule has 2 rings (SSSR count). The Morgan fingerprint density at radius 1 is 1.00 bits per heavy atom. The summed E-state index contributed by atoms with van der Waals surface area (Å²) < 4.78 is 39.9. The summed E-state index contributed by atoms with van der Waals surface area (Å²) in [4.78, 5) is 4.22. The highest BCUT2D eigenvalue weighted by Crippen LogP contribution is 2.27. The van der Waals surface area contributed by atoms with Gasteiger partial charge in [0, 0.05) is 34.5 Å². The summed E-state index contributed by atoms with van der Waals surface area (Å²) in [5, 5.41) is 0. The maximum Gasteiger partial charge on any atom is 0.166 e. The van der Waals surface area contributed by atoms with E-state index in [1.807, 2.05) is 20.8 Å². The Bertz CT molecular complexity index is 598. The van der Waals surface area contributed by atoms with Crippen molar-refractivity contribution in [1.82, 2.24) is 4.98 Å². The summed E-state index contributed by atoms with van der Waals surface area (Å²) in [5.74, 6) is -3.07. The third-order valence-electron chi connectivity index (χ3n) is 2.84. The Balaban J connectivity index is 2.49. The van der Waals surface area contributed by atoms with Gasteiger partial charge in [0.05, 0.1) is 0 Å². The first-order valence-electron chi connectivity index (χ1n) is 5.90. The van der Waals surface area contributed by atoms with Gasteiger partial charge >= 0.3 is 0 Å². The average molecular weight is 265 g/mol. The van der Waals surface area contributed by atoms with E-state index in [1.165, 1.54) is 6.20 Å². The van der Waals surface area contributed by atoms with Crippen molar-refractivity contribution >= 4 is 0 Å². The first kappa shape index (κ1) is 13.6. The first-order valence-corrected chi connectivity index (χ1v) is 5.90. The molecular formula is C15H14F3N. The molecule has 1 heterocycles. The summed E-state index contributed by atoms with van der Waals surface area (Å²) in [6.45, 7) is 5.99. The van der Waals surface area contributed by atoms with Crippen molar-refractivity contribution < 1.29 is 13.2 Å². The fraction of sp³-hybridized carbons (Fsp3) is 0.267. The molecule has 100 valence electrons. The summed E-state index contributed by atoms with van der Waals surface area (Å²) in [6.07, 6.45) is 1.43. The minimum atomic E-state index is -1.20. The van der Waals surface area contributed by atoms with E-state index in [-0.39, 0.29) is 11.0 Å². The molecule has 0 radical (unpaired) electrons. The zero-order valence-corrected chi connectivity index (χ0v) is 11.0. The maximum absolute atomic E-state index is 13.6. The second-order valence-electron chi connectivity index (χ2n) is 5.43. The van der Waals surface area contributed by atoms with E-state index in [0.29, 0.717) is 11.6 Å². The van der Waals surface area contributed by atoms with Crippen LogP contribution in [0.5, 0.6) is 0 Å². The molecule has 0 unspecified atom stereocenters. The van der Waals surface area contributed by atoms with Crippen molar-refractivity contribution in [2.24, 2.45) is 0 Å². The normalized spacial score (nSPS) is 11.7. The molecule has 0 spiro atoms. The number of pyridine rings is 1. The van der Waals surface area contributed by atoms with E-state index in [2.05, 4.69) is 4.98 Å². The van der Waals surface area contributed by atoms with Crippen LogP contribution in [-0.4, -0.2) is 4.98 Å². The molecule has 0 bridgehead atoms. The Kier molecular flexibility index (Phi) is 3.35. The average Bonchev–Trinajstić information content (AvgIpc) is 2.33. The van der Waals surface area contributed by atoms with Crippen LogP contribution >= 0.6 is 0 Å². The minimum absolute atomic E-state index is 0.120. The van der Waals surface area contributed by atoms with Gasteiger partial charge in [0.15, 0.2) is 11.6 Å². The van der Waals surface area contributed by atoms with Crippen molar-refractivity contribution in [3.05, 3.63) is 53.6 Å². The third kappa shape index (κ3) is 2.78. The number of nitrogens with zero attached hydrogens (tertiary/aromatic N) is 1.